The van der Waals surface area contributed by atoms with Crippen LogP contribution in [0, 0.1) is 11.3 Å². The summed E-state index contributed by atoms with van der Waals surface area (Å²) in [5.74, 6) is -0.671. The number of amides is 2. The fourth-order valence-electron chi connectivity index (χ4n) is 5.06. The number of oxazole rings is 1. The van der Waals surface area contributed by atoms with Crippen molar-refractivity contribution in [2.24, 2.45) is 11.3 Å². The van der Waals surface area contributed by atoms with Crippen LogP contribution in [0.15, 0.2) is 58.0 Å². The van der Waals surface area contributed by atoms with Crippen LogP contribution in [0.25, 0.3) is 11.1 Å². The quantitative estimate of drug-likeness (QED) is 0.642. The number of fused-ring (bicyclic) bond motifs is 1. The molecule has 1 N–H and O–H groups in total. The second-order valence-corrected chi connectivity index (χ2v) is 8.85. The van der Waals surface area contributed by atoms with Crippen molar-refractivity contribution in [1.29, 1.82) is 0 Å². The number of pyridine rings is 1. The molecule has 0 radical (unpaired) electrons. The summed E-state index contributed by atoms with van der Waals surface area (Å²) in [5, 5.41) is 3.04. The number of nitrogens with one attached hydrogen (secondary N) is 1. The SMILES string of the molecule is O=C(NCc1ccncc1)C1CN(C(=O)CCn2c(=O)oc3ccccc32)CC12CCC2. The average Bonchev–Trinajstić information content (AvgIpc) is 3.35. The molecule has 1 atom stereocenters. The lowest BCUT2D eigenvalue weighted by atomic mass is 9.62. The zero-order chi connectivity index (χ0) is 22.1. The van der Waals surface area contributed by atoms with Crippen LogP contribution in [0.3, 0.4) is 0 Å². The summed E-state index contributed by atoms with van der Waals surface area (Å²) >= 11 is 0. The summed E-state index contributed by atoms with van der Waals surface area (Å²) < 4.78 is 6.76. The van der Waals surface area contributed by atoms with E-state index in [-0.39, 0.29) is 36.1 Å². The van der Waals surface area contributed by atoms with Gasteiger partial charge in [-0.15, -0.1) is 0 Å². The van der Waals surface area contributed by atoms with Gasteiger partial charge in [-0.3, -0.25) is 19.1 Å². The second-order valence-electron chi connectivity index (χ2n) is 8.85. The van der Waals surface area contributed by atoms with Crippen LogP contribution in [-0.4, -0.2) is 39.4 Å². The van der Waals surface area contributed by atoms with Gasteiger partial charge in [0.1, 0.15) is 0 Å². The molecule has 5 rings (SSSR count). The maximum absolute atomic E-state index is 13.0. The van der Waals surface area contributed by atoms with Crippen molar-refractivity contribution >= 4 is 22.9 Å². The topological polar surface area (TPSA) is 97.4 Å². The summed E-state index contributed by atoms with van der Waals surface area (Å²) in [6, 6.07) is 11.0. The smallest absolute Gasteiger partial charge is 0.408 e. The highest BCUT2D eigenvalue weighted by Crippen LogP contribution is 2.51. The van der Waals surface area contributed by atoms with E-state index in [4.69, 9.17) is 4.42 Å². The number of para-hydroxylation sites is 2. The van der Waals surface area contributed by atoms with Gasteiger partial charge in [0.25, 0.3) is 0 Å². The zero-order valence-corrected chi connectivity index (χ0v) is 17.8. The van der Waals surface area contributed by atoms with E-state index in [1.54, 1.807) is 18.5 Å². The minimum Gasteiger partial charge on any atom is -0.408 e. The molecule has 1 aliphatic carbocycles. The van der Waals surface area contributed by atoms with E-state index < -0.39 is 5.76 Å². The van der Waals surface area contributed by atoms with Gasteiger partial charge in [0.05, 0.1) is 11.4 Å². The molecule has 2 aliphatic rings. The Balaban J connectivity index is 1.23. The van der Waals surface area contributed by atoms with Crippen molar-refractivity contribution in [3.63, 3.8) is 0 Å². The van der Waals surface area contributed by atoms with E-state index in [1.165, 1.54) is 4.57 Å². The molecule has 1 saturated heterocycles. The minimum absolute atomic E-state index is 0.00820. The van der Waals surface area contributed by atoms with Crippen LogP contribution in [0.5, 0.6) is 0 Å². The molecule has 1 spiro atoms. The van der Waals surface area contributed by atoms with Crippen molar-refractivity contribution in [2.75, 3.05) is 13.1 Å². The first-order chi connectivity index (χ1) is 15.6. The van der Waals surface area contributed by atoms with Gasteiger partial charge in [0, 0.05) is 50.4 Å². The summed E-state index contributed by atoms with van der Waals surface area (Å²) in [7, 11) is 0. The van der Waals surface area contributed by atoms with Crippen LogP contribution in [0.4, 0.5) is 0 Å². The Morgan fingerprint density at radius 3 is 2.69 bits per heavy atom. The van der Waals surface area contributed by atoms with Gasteiger partial charge in [-0.05, 0) is 42.7 Å². The summed E-state index contributed by atoms with van der Waals surface area (Å²) in [4.78, 5) is 44.0. The first-order valence-corrected chi connectivity index (χ1v) is 11.1. The van der Waals surface area contributed by atoms with E-state index in [2.05, 4.69) is 10.3 Å². The first-order valence-electron chi connectivity index (χ1n) is 11.1. The van der Waals surface area contributed by atoms with Crippen LogP contribution >= 0.6 is 0 Å². The predicted molar refractivity (Wildman–Crippen MR) is 118 cm³/mol. The van der Waals surface area contributed by atoms with Crippen molar-refractivity contribution in [2.45, 2.75) is 38.8 Å². The number of aryl methyl sites for hydroxylation is 1. The number of rotatable bonds is 6. The Bertz CT molecular complexity index is 1200. The number of likely N-dealkylation sites (tertiary alicyclic amines) is 1. The molecule has 166 valence electrons. The lowest BCUT2D eigenvalue weighted by molar-refractivity contribution is -0.131. The third kappa shape index (κ3) is 3.70. The van der Waals surface area contributed by atoms with Gasteiger partial charge in [-0.2, -0.15) is 0 Å². The van der Waals surface area contributed by atoms with Gasteiger partial charge in [0.2, 0.25) is 11.8 Å². The van der Waals surface area contributed by atoms with E-state index in [1.807, 2.05) is 35.2 Å². The Hall–Kier alpha value is -3.42. The van der Waals surface area contributed by atoms with E-state index in [0.717, 1.165) is 24.8 Å². The van der Waals surface area contributed by atoms with Gasteiger partial charge in [0.15, 0.2) is 5.58 Å². The lowest BCUT2D eigenvalue weighted by Gasteiger charge is -2.41. The highest BCUT2D eigenvalue weighted by molar-refractivity contribution is 5.83. The minimum atomic E-state index is -0.454. The van der Waals surface area contributed by atoms with E-state index in [9.17, 15) is 14.4 Å². The summed E-state index contributed by atoms with van der Waals surface area (Å²) in [5.41, 5.74) is 2.10. The highest BCUT2D eigenvalue weighted by Gasteiger charge is 2.54. The molecule has 3 heterocycles. The normalized spacial score (nSPS) is 19.2. The largest absolute Gasteiger partial charge is 0.419 e. The molecule has 0 bridgehead atoms. The molecule has 1 unspecified atom stereocenters. The average molecular weight is 434 g/mol. The number of aromatic nitrogens is 2. The molecule has 3 aromatic rings. The Morgan fingerprint density at radius 2 is 1.94 bits per heavy atom. The number of carbonyl (C=O) groups is 2. The van der Waals surface area contributed by atoms with Gasteiger partial charge in [-0.25, -0.2) is 4.79 Å². The molecule has 8 nitrogen and oxygen atoms in total. The number of benzene rings is 1. The van der Waals surface area contributed by atoms with Crippen LogP contribution in [-0.2, 0) is 22.7 Å². The Labute approximate surface area is 185 Å². The van der Waals surface area contributed by atoms with Gasteiger partial charge >= 0.3 is 5.76 Å². The van der Waals surface area contributed by atoms with Crippen molar-refractivity contribution in [1.82, 2.24) is 19.8 Å². The molecule has 8 heteroatoms. The van der Waals surface area contributed by atoms with Crippen LogP contribution in [0.2, 0.25) is 0 Å². The van der Waals surface area contributed by atoms with Crippen molar-refractivity contribution in [3.8, 4) is 0 Å². The fourth-order valence-corrected chi connectivity index (χ4v) is 5.06. The molecule has 2 amide bonds. The van der Waals surface area contributed by atoms with Crippen molar-refractivity contribution < 1.29 is 14.0 Å². The third-order valence-electron chi connectivity index (χ3n) is 7.01. The second kappa shape index (κ2) is 8.26. The molecule has 2 aromatic heterocycles. The molecular weight excluding hydrogens is 408 g/mol. The zero-order valence-electron chi connectivity index (χ0n) is 17.8. The number of hydrogen-bond donors (Lipinski definition) is 1. The Kier molecular flexibility index (Phi) is 5.28. The van der Waals surface area contributed by atoms with Crippen LogP contribution < -0.4 is 11.1 Å². The number of nitrogens with zero attached hydrogens (tertiary/aromatic N) is 3. The third-order valence-corrected chi connectivity index (χ3v) is 7.01. The van der Waals surface area contributed by atoms with E-state index in [0.29, 0.717) is 30.7 Å². The van der Waals surface area contributed by atoms with E-state index >= 15 is 0 Å². The molecule has 1 aromatic carbocycles. The summed E-state index contributed by atoms with van der Waals surface area (Å²) in [6.45, 7) is 1.76. The highest BCUT2D eigenvalue weighted by atomic mass is 16.4. The monoisotopic (exact) mass is 434 g/mol. The first kappa shape index (κ1) is 20.5. The molecular formula is C24H26N4O4. The molecule has 1 aliphatic heterocycles. The predicted octanol–water partition coefficient (Wildman–Crippen LogP) is 2.32. The van der Waals surface area contributed by atoms with Crippen molar-refractivity contribution in [3.05, 3.63) is 64.9 Å². The standard InChI is InChI=1S/C24H26N4O4/c29-21(8-13-28-19-4-1-2-5-20(19)32-23(28)31)27-15-18(24(16-27)9-3-10-24)22(30)26-14-17-6-11-25-12-7-17/h1-2,4-7,11-12,18H,3,8-10,13-16H2,(H,26,30). The summed E-state index contributed by atoms with van der Waals surface area (Å²) in [6.07, 6.45) is 6.64. The maximum atomic E-state index is 13.0. The number of hydrogen-bond acceptors (Lipinski definition) is 5. The number of carbonyl (C=O) groups excluding carboxylic acids is 2. The fraction of sp³-hybridized carbons (Fsp3) is 0.417. The van der Waals surface area contributed by atoms with Gasteiger partial charge < -0.3 is 14.6 Å². The maximum Gasteiger partial charge on any atom is 0.419 e. The lowest BCUT2D eigenvalue weighted by Crippen LogP contribution is -2.45. The Morgan fingerprint density at radius 1 is 1.16 bits per heavy atom. The molecule has 32 heavy (non-hydrogen) atoms. The molecule has 1 saturated carbocycles. The van der Waals surface area contributed by atoms with Crippen LogP contribution in [0.1, 0.15) is 31.2 Å². The van der Waals surface area contributed by atoms with Gasteiger partial charge in [-0.1, -0.05) is 18.6 Å². The molecule has 2 fully saturated rings.